The lowest BCUT2D eigenvalue weighted by Crippen LogP contribution is -2.20. The first-order valence-corrected chi connectivity index (χ1v) is 6.79. The van der Waals surface area contributed by atoms with Crippen molar-refractivity contribution in [2.75, 3.05) is 0 Å². The average Bonchev–Trinajstić information content (AvgIpc) is 2.44. The highest BCUT2D eigenvalue weighted by atomic mass is 35.5. The van der Waals surface area contributed by atoms with Crippen LogP contribution in [0.4, 0.5) is 0 Å². The Kier molecular flexibility index (Phi) is 4.97. The minimum absolute atomic E-state index is 0.117. The van der Waals surface area contributed by atoms with Crippen LogP contribution in [0.2, 0.25) is 5.02 Å². The zero-order valence-electron chi connectivity index (χ0n) is 11.3. The Morgan fingerprint density at radius 2 is 2.00 bits per heavy atom. The quantitative estimate of drug-likeness (QED) is 0.846. The lowest BCUT2D eigenvalue weighted by Gasteiger charge is -2.03. The second-order valence-electron chi connectivity index (χ2n) is 4.54. The molecule has 102 valence electrons. The predicted molar refractivity (Wildman–Crippen MR) is 83.5 cm³/mol. The van der Waals surface area contributed by atoms with Crippen LogP contribution in [0.15, 0.2) is 54.6 Å². The van der Waals surface area contributed by atoms with Gasteiger partial charge in [0.25, 0.3) is 0 Å². The van der Waals surface area contributed by atoms with E-state index in [0.717, 1.165) is 16.7 Å². The van der Waals surface area contributed by atoms with Crippen LogP contribution < -0.4 is 5.32 Å². The topological polar surface area (TPSA) is 29.1 Å². The Morgan fingerprint density at radius 1 is 1.20 bits per heavy atom. The molecule has 2 nitrogen and oxygen atoms in total. The molecule has 0 aliphatic heterocycles. The van der Waals surface area contributed by atoms with Gasteiger partial charge in [-0.3, -0.25) is 4.79 Å². The largest absolute Gasteiger partial charge is 0.348 e. The minimum atomic E-state index is -0.117. The van der Waals surface area contributed by atoms with E-state index in [9.17, 15) is 4.79 Å². The Labute approximate surface area is 124 Å². The fraction of sp³-hybridized carbons (Fsp3) is 0.118. The summed E-state index contributed by atoms with van der Waals surface area (Å²) >= 11 is 5.89. The standard InChI is InChI=1S/C17H16ClNO/c1-13-5-2-3-7-15(13)9-10-17(20)19-12-14-6-4-8-16(18)11-14/h2-11H,12H2,1H3,(H,19,20)/b10-9+. The molecule has 2 rings (SSSR count). The highest BCUT2D eigenvalue weighted by Gasteiger charge is 1.98. The van der Waals surface area contributed by atoms with E-state index in [1.165, 1.54) is 0 Å². The Bertz CT molecular complexity index is 634. The van der Waals surface area contributed by atoms with E-state index in [1.54, 1.807) is 6.08 Å². The summed E-state index contributed by atoms with van der Waals surface area (Å²) in [6.45, 7) is 2.49. The minimum Gasteiger partial charge on any atom is -0.348 e. The Morgan fingerprint density at radius 3 is 2.75 bits per heavy atom. The van der Waals surface area contributed by atoms with Crippen molar-refractivity contribution in [3.63, 3.8) is 0 Å². The molecule has 2 aromatic rings. The molecule has 0 atom stereocenters. The van der Waals surface area contributed by atoms with E-state index in [2.05, 4.69) is 5.32 Å². The van der Waals surface area contributed by atoms with Gasteiger partial charge in [0.1, 0.15) is 0 Å². The van der Waals surface area contributed by atoms with Gasteiger partial charge in [-0.15, -0.1) is 0 Å². The molecule has 3 heteroatoms. The molecule has 2 aromatic carbocycles. The number of hydrogen-bond acceptors (Lipinski definition) is 1. The van der Waals surface area contributed by atoms with Crippen molar-refractivity contribution in [3.8, 4) is 0 Å². The molecule has 0 aliphatic carbocycles. The first-order valence-electron chi connectivity index (χ1n) is 6.41. The number of nitrogens with one attached hydrogen (secondary N) is 1. The lowest BCUT2D eigenvalue weighted by molar-refractivity contribution is -0.116. The zero-order chi connectivity index (χ0) is 14.4. The molecule has 0 spiro atoms. The zero-order valence-corrected chi connectivity index (χ0v) is 12.0. The van der Waals surface area contributed by atoms with Gasteiger partial charge in [0, 0.05) is 17.6 Å². The molecular formula is C17H16ClNO. The summed E-state index contributed by atoms with van der Waals surface area (Å²) in [4.78, 5) is 11.8. The summed E-state index contributed by atoms with van der Waals surface area (Å²) in [5.74, 6) is -0.117. The van der Waals surface area contributed by atoms with Crippen molar-refractivity contribution in [2.45, 2.75) is 13.5 Å². The maximum Gasteiger partial charge on any atom is 0.244 e. The van der Waals surface area contributed by atoms with Crippen LogP contribution in [0.3, 0.4) is 0 Å². The molecule has 0 aliphatic rings. The second kappa shape index (κ2) is 6.92. The number of amides is 1. The van der Waals surface area contributed by atoms with Gasteiger partial charge in [0.15, 0.2) is 0 Å². The van der Waals surface area contributed by atoms with E-state index < -0.39 is 0 Å². The molecular weight excluding hydrogens is 270 g/mol. The molecule has 1 amide bonds. The van der Waals surface area contributed by atoms with E-state index >= 15 is 0 Å². The third-order valence-corrected chi connectivity index (χ3v) is 3.19. The number of rotatable bonds is 4. The first kappa shape index (κ1) is 14.4. The number of carbonyl (C=O) groups is 1. The van der Waals surface area contributed by atoms with E-state index in [0.29, 0.717) is 11.6 Å². The fourth-order valence-electron chi connectivity index (χ4n) is 1.83. The molecule has 0 heterocycles. The van der Waals surface area contributed by atoms with Gasteiger partial charge in [-0.1, -0.05) is 48.0 Å². The van der Waals surface area contributed by atoms with E-state index in [-0.39, 0.29) is 5.91 Å². The number of benzene rings is 2. The molecule has 0 saturated heterocycles. The van der Waals surface area contributed by atoms with E-state index in [4.69, 9.17) is 11.6 Å². The van der Waals surface area contributed by atoms with Crippen LogP contribution in [0, 0.1) is 6.92 Å². The smallest absolute Gasteiger partial charge is 0.244 e. The summed E-state index contributed by atoms with van der Waals surface area (Å²) in [5.41, 5.74) is 3.17. The Balaban J connectivity index is 1.91. The van der Waals surface area contributed by atoms with Crippen LogP contribution >= 0.6 is 11.6 Å². The summed E-state index contributed by atoms with van der Waals surface area (Å²) in [6.07, 6.45) is 3.37. The highest BCUT2D eigenvalue weighted by Crippen LogP contribution is 2.10. The van der Waals surface area contributed by atoms with Gasteiger partial charge in [-0.05, 0) is 41.8 Å². The predicted octanol–water partition coefficient (Wildman–Crippen LogP) is 3.98. The molecule has 0 fully saturated rings. The molecule has 20 heavy (non-hydrogen) atoms. The van der Waals surface area contributed by atoms with Gasteiger partial charge in [-0.25, -0.2) is 0 Å². The van der Waals surface area contributed by atoms with Crippen molar-refractivity contribution in [1.29, 1.82) is 0 Å². The number of aryl methyl sites for hydroxylation is 1. The van der Waals surface area contributed by atoms with Gasteiger partial charge in [-0.2, -0.15) is 0 Å². The normalized spacial score (nSPS) is 10.7. The number of halogens is 1. The van der Waals surface area contributed by atoms with Crippen molar-refractivity contribution in [1.82, 2.24) is 5.32 Å². The van der Waals surface area contributed by atoms with Crippen molar-refractivity contribution < 1.29 is 4.79 Å². The highest BCUT2D eigenvalue weighted by molar-refractivity contribution is 6.30. The fourth-order valence-corrected chi connectivity index (χ4v) is 2.05. The average molecular weight is 286 g/mol. The maximum absolute atomic E-state index is 11.8. The lowest BCUT2D eigenvalue weighted by atomic mass is 10.1. The maximum atomic E-state index is 11.8. The summed E-state index contributed by atoms with van der Waals surface area (Å²) in [7, 11) is 0. The SMILES string of the molecule is Cc1ccccc1/C=C/C(=O)NCc1cccc(Cl)c1. The number of hydrogen-bond donors (Lipinski definition) is 1. The van der Waals surface area contributed by atoms with Crippen molar-refractivity contribution in [2.24, 2.45) is 0 Å². The molecule has 0 bridgehead atoms. The van der Waals surface area contributed by atoms with Crippen molar-refractivity contribution >= 4 is 23.6 Å². The van der Waals surface area contributed by atoms with Crippen LogP contribution in [0.25, 0.3) is 6.08 Å². The first-order chi connectivity index (χ1) is 9.65. The summed E-state index contributed by atoms with van der Waals surface area (Å²) in [6, 6.07) is 15.4. The van der Waals surface area contributed by atoms with Crippen LogP contribution in [-0.4, -0.2) is 5.91 Å². The molecule has 0 unspecified atom stereocenters. The third kappa shape index (κ3) is 4.25. The van der Waals surface area contributed by atoms with Gasteiger partial charge in [0.2, 0.25) is 5.91 Å². The Hall–Kier alpha value is -2.06. The van der Waals surface area contributed by atoms with Crippen LogP contribution in [0.5, 0.6) is 0 Å². The van der Waals surface area contributed by atoms with Crippen LogP contribution in [0.1, 0.15) is 16.7 Å². The molecule has 0 aromatic heterocycles. The summed E-state index contributed by atoms with van der Waals surface area (Å²) < 4.78 is 0. The summed E-state index contributed by atoms with van der Waals surface area (Å²) in [5, 5.41) is 3.50. The van der Waals surface area contributed by atoms with Crippen LogP contribution in [-0.2, 0) is 11.3 Å². The van der Waals surface area contributed by atoms with Gasteiger partial charge >= 0.3 is 0 Å². The third-order valence-electron chi connectivity index (χ3n) is 2.96. The molecule has 0 saturated carbocycles. The van der Waals surface area contributed by atoms with Gasteiger partial charge in [0.05, 0.1) is 0 Å². The molecule has 1 N–H and O–H groups in total. The molecule has 0 radical (unpaired) electrons. The monoisotopic (exact) mass is 285 g/mol. The van der Waals surface area contributed by atoms with Crippen molar-refractivity contribution in [3.05, 3.63) is 76.3 Å². The van der Waals surface area contributed by atoms with E-state index in [1.807, 2.05) is 61.5 Å². The number of carbonyl (C=O) groups excluding carboxylic acids is 1. The van der Waals surface area contributed by atoms with Gasteiger partial charge < -0.3 is 5.32 Å². The second-order valence-corrected chi connectivity index (χ2v) is 4.97.